The van der Waals surface area contributed by atoms with E-state index in [0.29, 0.717) is 13.1 Å². The van der Waals surface area contributed by atoms with Crippen molar-refractivity contribution in [2.45, 2.75) is 17.9 Å². The van der Waals surface area contributed by atoms with Gasteiger partial charge in [0.05, 0.1) is 22.1 Å². The van der Waals surface area contributed by atoms with Gasteiger partial charge >= 0.3 is 0 Å². The van der Waals surface area contributed by atoms with Gasteiger partial charge in [-0.25, -0.2) is 18.5 Å². The van der Waals surface area contributed by atoms with E-state index in [1.54, 1.807) is 29.7 Å². The summed E-state index contributed by atoms with van der Waals surface area (Å²) in [5, 5.41) is 13.4. The Morgan fingerprint density at radius 3 is 2.64 bits per heavy atom. The highest BCUT2D eigenvalue weighted by atomic mass is 79.9. The van der Waals surface area contributed by atoms with Crippen molar-refractivity contribution in [2.24, 2.45) is 5.14 Å². The molecule has 0 spiro atoms. The van der Waals surface area contributed by atoms with Gasteiger partial charge in [0.15, 0.2) is 5.13 Å². The van der Waals surface area contributed by atoms with E-state index < -0.39 is 10.0 Å². The molecule has 3 N–H and O–H groups in total. The number of nitrogens with zero attached hydrogens (tertiary/aromatic N) is 3. The van der Waals surface area contributed by atoms with Gasteiger partial charge in [-0.1, -0.05) is 12.1 Å². The molecule has 0 radical (unpaired) electrons. The molecule has 0 fully saturated rings. The van der Waals surface area contributed by atoms with Crippen LogP contribution in [-0.4, -0.2) is 29.7 Å². The first kappa shape index (κ1) is 18.1. The molecule has 0 aliphatic carbocycles. The molecule has 7 nitrogen and oxygen atoms in total. The maximum absolute atomic E-state index is 11.2. The summed E-state index contributed by atoms with van der Waals surface area (Å²) in [6, 6.07) is 6.58. The fourth-order valence-electron chi connectivity index (χ4n) is 2.21. The maximum atomic E-state index is 11.2. The molecule has 0 amide bonds. The molecule has 25 heavy (non-hydrogen) atoms. The van der Waals surface area contributed by atoms with Crippen molar-refractivity contribution in [1.29, 1.82) is 0 Å². The second-order valence-corrected chi connectivity index (χ2v) is 8.95. The summed E-state index contributed by atoms with van der Waals surface area (Å²) >= 11 is 4.96. The van der Waals surface area contributed by atoms with E-state index in [9.17, 15) is 8.42 Å². The molecule has 0 saturated carbocycles. The third kappa shape index (κ3) is 5.11. The fraction of sp³-hybridized carbons (Fsp3) is 0.200. The number of thiazole rings is 1. The number of anilines is 1. The minimum atomic E-state index is -3.64. The Hall–Kier alpha value is -1.75. The van der Waals surface area contributed by atoms with E-state index in [2.05, 4.69) is 31.3 Å². The maximum Gasteiger partial charge on any atom is 0.238 e. The van der Waals surface area contributed by atoms with Crippen molar-refractivity contribution < 1.29 is 8.42 Å². The van der Waals surface area contributed by atoms with Crippen molar-refractivity contribution in [3.8, 4) is 0 Å². The quantitative estimate of drug-likeness (QED) is 0.585. The van der Waals surface area contributed by atoms with E-state index in [0.717, 1.165) is 26.5 Å². The number of aromatic nitrogens is 3. The van der Waals surface area contributed by atoms with Gasteiger partial charge in [0, 0.05) is 23.8 Å². The molecule has 2 aromatic heterocycles. The predicted molar refractivity (Wildman–Crippen MR) is 101 cm³/mol. The van der Waals surface area contributed by atoms with Gasteiger partial charge in [-0.15, -0.1) is 11.3 Å². The largest absolute Gasteiger partial charge is 0.361 e. The van der Waals surface area contributed by atoms with Crippen LogP contribution in [0, 0.1) is 0 Å². The van der Waals surface area contributed by atoms with Crippen molar-refractivity contribution in [2.75, 3.05) is 11.9 Å². The summed E-state index contributed by atoms with van der Waals surface area (Å²) in [6.45, 7) is 1.38. The molecule has 0 aliphatic heterocycles. The second kappa shape index (κ2) is 7.65. The molecule has 2 heterocycles. The number of hydrogen-bond donors (Lipinski definition) is 2. The Morgan fingerprint density at radius 1 is 1.24 bits per heavy atom. The van der Waals surface area contributed by atoms with E-state index in [4.69, 9.17) is 5.14 Å². The Labute approximate surface area is 158 Å². The Bertz CT molecular complexity index is 950. The first-order valence-corrected chi connectivity index (χ1v) is 10.5. The third-order valence-corrected chi connectivity index (χ3v) is 5.69. The fourth-order valence-corrected chi connectivity index (χ4v) is 3.88. The SMILES string of the molecule is NS(=O)(=O)c1ccc(CCNc2ncc(Cn3cc(Br)cn3)s2)cc1. The van der Waals surface area contributed by atoms with Crippen LogP contribution >= 0.6 is 27.3 Å². The molecule has 1 aromatic carbocycles. The molecule has 0 saturated heterocycles. The summed E-state index contributed by atoms with van der Waals surface area (Å²) < 4.78 is 25.2. The number of hydrogen-bond acceptors (Lipinski definition) is 6. The van der Waals surface area contributed by atoms with Crippen molar-refractivity contribution in [3.05, 3.63) is 57.8 Å². The minimum absolute atomic E-state index is 0.124. The van der Waals surface area contributed by atoms with E-state index in [1.165, 1.54) is 12.1 Å². The Morgan fingerprint density at radius 2 is 2.00 bits per heavy atom. The summed E-state index contributed by atoms with van der Waals surface area (Å²) in [4.78, 5) is 5.59. The molecule has 0 aliphatic rings. The number of benzene rings is 1. The van der Waals surface area contributed by atoms with Crippen LogP contribution in [0.3, 0.4) is 0 Å². The summed E-state index contributed by atoms with van der Waals surface area (Å²) in [5.41, 5.74) is 1.03. The topological polar surface area (TPSA) is 103 Å². The Balaban J connectivity index is 1.51. The summed E-state index contributed by atoms with van der Waals surface area (Å²) in [7, 11) is -3.64. The van der Waals surface area contributed by atoms with E-state index in [1.807, 2.05) is 17.1 Å². The van der Waals surface area contributed by atoms with Gasteiger partial charge in [0.25, 0.3) is 0 Å². The molecule has 3 aromatic rings. The van der Waals surface area contributed by atoms with Crippen molar-refractivity contribution in [1.82, 2.24) is 14.8 Å². The van der Waals surface area contributed by atoms with E-state index >= 15 is 0 Å². The lowest BCUT2D eigenvalue weighted by atomic mass is 10.1. The average Bonchev–Trinajstić information content (AvgIpc) is 3.16. The van der Waals surface area contributed by atoms with Gasteiger partial charge in [-0.2, -0.15) is 5.10 Å². The molecule has 10 heteroatoms. The molecular weight excluding hydrogens is 426 g/mol. The van der Waals surface area contributed by atoms with Gasteiger partial charge < -0.3 is 5.32 Å². The van der Waals surface area contributed by atoms with Crippen molar-refractivity contribution >= 4 is 42.4 Å². The lowest BCUT2D eigenvalue weighted by Gasteiger charge is -2.04. The number of nitrogens with one attached hydrogen (secondary N) is 1. The van der Waals surface area contributed by atoms with Crippen LogP contribution in [0.5, 0.6) is 0 Å². The molecular formula is C15H16BrN5O2S2. The Kier molecular flexibility index (Phi) is 5.52. The number of primary sulfonamides is 1. The van der Waals surface area contributed by atoms with Crippen molar-refractivity contribution in [3.63, 3.8) is 0 Å². The highest BCUT2D eigenvalue weighted by Crippen LogP contribution is 2.19. The lowest BCUT2D eigenvalue weighted by Crippen LogP contribution is -2.12. The van der Waals surface area contributed by atoms with Crippen LogP contribution in [-0.2, 0) is 23.0 Å². The monoisotopic (exact) mass is 441 g/mol. The van der Waals surface area contributed by atoms with E-state index in [-0.39, 0.29) is 4.90 Å². The highest BCUT2D eigenvalue weighted by molar-refractivity contribution is 9.10. The first-order valence-electron chi connectivity index (χ1n) is 7.38. The third-order valence-electron chi connectivity index (χ3n) is 3.41. The number of sulfonamides is 1. The number of halogens is 1. The molecule has 0 atom stereocenters. The molecule has 0 unspecified atom stereocenters. The summed E-state index contributed by atoms with van der Waals surface area (Å²) in [5.74, 6) is 0. The van der Waals surface area contributed by atoms with Crippen LogP contribution in [0.4, 0.5) is 5.13 Å². The summed E-state index contributed by atoms with van der Waals surface area (Å²) in [6.07, 6.45) is 6.26. The number of rotatable bonds is 7. The highest BCUT2D eigenvalue weighted by Gasteiger charge is 2.07. The normalized spacial score (nSPS) is 11.6. The van der Waals surface area contributed by atoms with Gasteiger partial charge in [-0.3, -0.25) is 4.68 Å². The van der Waals surface area contributed by atoms with Crippen LogP contribution < -0.4 is 10.5 Å². The zero-order chi connectivity index (χ0) is 17.9. The molecule has 132 valence electrons. The van der Waals surface area contributed by atoms with Gasteiger partial charge in [-0.05, 0) is 40.0 Å². The van der Waals surface area contributed by atoms with Crippen LogP contribution in [0.25, 0.3) is 0 Å². The smallest absolute Gasteiger partial charge is 0.238 e. The standard InChI is InChI=1S/C15H16BrN5O2S2/c16-12-7-20-21(9-12)10-13-8-19-15(24-13)18-6-5-11-1-3-14(4-2-11)25(17,22)23/h1-4,7-9H,5-6,10H2,(H,18,19)(H2,17,22,23). The van der Waals surface area contributed by atoms with Gasteiger partial charge in [0.2, 0.25) is 10.0 Å². The minimum Gasteiger partial charge on any atom is -0.361 e. The molecule has 3 rings (SSSR count). The first-order chi connectivity index (χ1) is 11.9. The lowest BCUT2D eigenvalue weighted by molar-refractivity contribution is 0.598. The van der Waals surface area contributed by atoms with Crippen LogP contribution in [0.2, 0.25) is 0 Å². The predicted octanol–water partition coefficient (Wildman–Crippen LogP) is 2.45. The van der Waals surface area contributed by atoms with Gasteiger partial charge in [0.1, 0.15) is 0 Å². The average molecular weight is 442 g/mol. The van der Waals surface area contributed by atoms with Crippen LogP contribution in [0.1, 0.15) is 10.4 Å². The molecule has 0 bridgehead atoms. The second-order valence-electron chi connectivity index (χ2n) is 5.35. The van der Waals surface area contributed by atoms with Crippen LogP contribution in [0.15, 0.2) is 52.2 Å². The zero-order valence-corrected chi connectivity index (χ0v) is 16.3. The number of nitrogens with two attached hydrogens (primary N) is 1. The zero-order valence-electron chi connectivity index (χ0n) is 13.1.